The molecule has 0 fully saturated rings. The average molecular weight is 360 g/mol. The van der Waals surface area contributed by atoms with Gasteiger partial charge in [0, 0.05) is 9.13 Å². The zero-order valence-corrected chi connectivity index (χ0v) is 12.7. The molecular weight excluding hydrogens is 347 g/mol. The van der Waals surface area contributed by atoms with E-state index in [0.717, 1.165) is 5.75 Å². The molecule has 0 aliphatic heterocycles. The highest BCUT2D eigenvalue weighted by molar-refractivity contribution is 14.1. The van der Waals surface area contributed by atoms with E-state index in [-0.39, 0.29) is 0 Å². The summed E-state index contributed by atoms with van der Waals surface area (Å²) in [5.41, 5.74) is 2.52. The Kier molecular flexibility index (Phi) is 3.42. The number of hydrogen-bond donors (Lipinski definition) is 0. The minimum Gasteiger partial charge on any atom is -0.497 e. The van der Waals surface area contributed by atoms with Crippen molar-refractivity contribution in [2.75, 3.05) is 7.11 Å². The summed E-state index contributed by atoms with van der Waals surface area (Å²) < 4.78 is 6.49. The fraction of sp³-hybridized carbons (Fsp3) is 0.0588. The molecule has 3 aromatic rings. The van der Waals surface area contributed by atoms with Crippen LogP contribution in [0.25, 0.3) is 21.9 Å². The zero-order valence-electron chi connectivity index (χ0n) is 10.6. The first kappa shape index (κ1) is 12.5. The molecule has 0 N–H and O–H groups in total. The first-order chi connectivity index (χ1) is 9.29. The highest BCUT2D eigenvalue weighted by atomic mass is 127. The zero-order chi connectivity index (χ0) is 13.2. The molecule has 0 aromatic heterocycles. The molecule has 2 heteroatoms. The van der Waals surface area contributed by atoms with E-state index >= 15 is 0 Å². The summed E-state index contributed by atoms with van der Waals surface area (Å²) in [7, 11) is 1.69. The van der Waals surface area contributed by atoms with Gasteiger partial charge in [-0.25, -0.2) is 0 Å². The molecule has 0 spiro atoms. The van der Waals surface area contributed by atoms with Gasteiger partial charge in [0.15, 0.2) is 0 Å². The maximum absolute atomic E-state index is 5.22. The van der Waals surface area contributed by atoms with Gasteiger partial charge in [-0.2, -0.15) is 0 Å². The summed E-state index contributed by atoms with van der Waals surface area (Å²) in [4.78, 5) is 0. The van der Waals surface area contributed by atoms with E-state index in [9.17, 15) is 0 Å². The summed E-state index contributed by atoms with van der Waals surface area (Å²) in [5, 5.41) is 2.56. The normalized spacial score (nSPS) is 10.6. The maximum atomic E-state index is 5.22. The van der Waals surface area contributed by atoms with Crippen molar-refractivity contribution in [1.82, 2.24) is 0 Å². The number of rotatable bonds is 2. The summed E-state index contributed by atoms with van der Waals surface area (Å²) in [6.07, 6.45) is 0. The van der Waals surface area contributed by atoms with Gasteiger partial charge in [0.1, 0.15) is 5.75 Å². The van der Waals surface area contributed by atoms with E-state index in [1.165, 1.54) is 25.5 Å². The Morgan fingerprint density at radius 1 is 0.842 bits per heavy atom. The molecule has 0 heterocycles. The van der Waals surface area contributed by atoms with Crippen molar-refractivity contribution in [3.8, 4) is 16.9 Å². The third-order valence-electron chi connectivity index (χ3n) is 3.26. The van der Waals surface area contributed by atoms with E-state index in [1.54, 1.807) is 7.11 Å². The minimum atomic E-state index is 0.888. The monoisotopic (exact) mass is 360 g/mol. The Balaban J connectivity index is 2.25. The van der Waals surface area contributed by atoms with Gasteiger partial charge >= 0.3 is 0 Å². The number of fused-ring (bicyclic) bond motifs is 1. The Morgan fingerprint density at radius 2 is 1.58 bits per heavy atom. The van der Waals surface area contributed by atoms with Crippen molar-refractivity contribution in [3.05, 3.63) is 64.2 Å². The van der Waals surface area contributed by atoms with Crippen LogP contribution in [0.5, 0.6) is 5.75 Å². The molecule has 0 saturated carbocycles. The standard InChI is InChI=1S/C17H13IO/c1-19-14-9-6-13(7-10-14)17-15-5-3-2-4-12(15)8-11-16(17)18/h2-11H,1H3. The topological polar surface area (TPSA) is 9.23 Å². The molecule has 0 atom stereocenters. The van der Waals surface area contributed by atoms with Gasteiger partial charge in [-0.05, 0) is 57.1 Å². The second-order valence-corrected chi connectivity index (χ2v) is 5.53. The lowest BCUT2D eigenvalue weighted by atomic mass is 9.98. The van der Waals surface area contributed by atoms with Crippen LogP contribution >= 0.6 is 22.6 Å². The molecule has 0 amide bonds. The maximum Gasteiger partial charge on any atom is 0.118 e. The van der Waals surface area contributed by atoms with Gasteiger partial charge in [-0.3, -0.25) is 0 Å². The summed E-state index contributed by atoms with van der Waals surface area (Å²) in [6, 6.07) is 21.1. The number of benzene rings is 3. The van der Waals surface area contributed by atoms with Crippen LogP contribution in [0.4, 0.5) is 0 Å². The van der Waals surface area contributed by atoms with Gasteiger partial charge in [0.25, 0.3) is 0 Å². The molecule has 3 aromatic carbocycles. The highest BCUT2D eigenvalue weighted by Crippen LogP contribution is 2.33. The third kappa shape index (κ3) is 2.32. The second kappa shape index (κ2) is 5.21. The molecule has 1 nitrogen and oxygen atoms in total. The van der Waals surface area contributed by atoms with E-state index in [2.05, 4.69) is 71.1 Å². The number of methoxy groups -OCH3 is 1. The largest absolute Gasteiger partial charge is 0.497 e. The van der Waals surface area contributed by atoms with Crippen LogP contribution in [-0.4, -0.2) is 7.11 Å². The van der Waals surface area contributed by atoms with Crippen LogP contribution in [-0.2, 0) is 0 Å². The van der Waals surface area contributed by atoms with Crippen LogP contribution in [0.2, 0.25) is 0 Å². The van der Waals surface area contributed by atoms with Gasteiger partial charge in [-0.15, -0.1) is 0 Å². The van der Waals surface area contributed by atoms with Crippen molar-refractivity contribution in [3.63, 3.8) is 0 Å². The molecule has 0 saturated heterocycles. The van der Waals surface area contributed by atoms with E-state index < -0.39 is 0 Å². The number of ether oxygens (including phenoxy) is 1. The molecule has 19 heavy (non-hydrogen) atoms. The van der Waals surface area contributed by atoms with E-state index in [4.69, 9.17) is 4.74 Å². The van der Waals surface area contributed by atoms with Crippen molar-refractivity contribution < 1.29 is 4.74 Å². The van der Waals surface area contributed by atoms with Crippen molar-refractivity contribution in [2.24, 2.45) is 0 Å². The minimum absolute atomic E-state index is 0.888. The highest BCUT2D eigenvalue weighted by Gasteiger charge is 2.08. The summed E-state index contributed by atoms with van der Waals surface area (Å²) in [5.74, 6) is 0.888. The van der Waals surface area contributed by atoms with Gasteiger partial charge in [0.05, 0.1) is 7.11 Å². The van der Waals surface area contributed by atoms with Crippen LogP contribution in [0.3, 0.4) is 0 Å². The first-order valence-corrected chi connectivity index (χ1v) is 7.19. The smallest absolute Gasteiger partial charge is 0.118 e. The molecule has 0 aliphatic rings. The van der Waals surface area contributed by atoms with Crippen molar-refractivity contribution >= 4 is 33.4 Å². The molecular formula is C17H13IO. The van der Waals surface area contributed by atoms with Gasteiger partial charge in [-0.1, -0.05) is 42.5 Å². The predicted octanol–water partition coefficient (Wildman–Crippen LogP) is 5.12. The average Bonchev–Trinajstić information content (AvgIpc) is 2.47. The molecule has 0 aliphatic carbocycles. The second-order valence-electron chi connectivity index (χ2n) is 4.37. The van der Waals surface area contributed by atoms with Crippen molar-refractivity contribution in [2.45, 2.75) is 0 Å². The lowest BCUT2D eigenvalue weighted by Crippen LogP contribution is -1.87. The number of halogens is 1. The lowest BCUT2D eigenvalue weighted by Gasteiger charge is -2.10. The molecule has 0 radical (unpaired) electrons. The third-order valence-corrected chi connectivity index (χ3v) is 4.16. The summed E-state index contributed by atoms with van der Waals surface area (Å²) >= 11 is 2.40. The number of hydrogen-bond acceptors (Lipinski definition) is 1. The van der Waals surface area contributed by atoms with Crippen molar-refractivity contribution in [1.29, 1.82) is 0 Å². The Morgan fingerprint density at radius 3 is 2.32 bits per heavy atom. The molecule has 0 bridgehead atoms. The first-order valence-electron chi connectivity index (χ1n) is 6.11. The van der Waals surface area contributed by atoms with Crippen LogP contribution in [0.15, 0.2) is 60.7 Å². The molecule has 0 unspecified atom stereocenters. The predicted molar refractivity (Wildman–Crippen MR) is 88.7 cm³/mol. The lowest BCUT2D eigenvalue weighted by molar-refractivity contribution is 0.415. The van der Waals surface area contributed by atoms with Crippen LogP contribution < -0.4 is 4.74 Å². The quantitative estimate of drug-likeness (QED) is 0.577. The fourth-order valence-corrected chi connectivity index (χ4v) is 3.08. The Hall–Kier alpha value is -1.55. The molecule has 3 rings (SSSR count). The Bertz CT molecular complexity index is 717. The van der Waals surface area contributed by atoms with E-state index in [1.807, 2.05) is 12.1 Å². The van der Waals surface area contributed by atoms with Crippen LogP contribution in [0, 0.1) is 3.57 Å². The van der Waals surface area contributed by atoms with Gasteiger partial charge < -0.3 is 4.74 Å². The Labute approximate surface area is 126 Å². The van der Waals surface area contributed by atoms with Crippen LogP contribution in [0.1, 0.15) is 0 Å². The fourth-order valence-electron chi connectivity index (χ4n) is 2.30. The van der Waals surface area contributed by atoms with E-state index in [0.29, 0.717) is 0 Å². The summed E-state index contributed by atoms with van der Waals surface area (Å²) in [6.45, 7) is 0. The molecule has 94 valence electrons. The SMILES string of the molecule is COc1ccc(-c2c(I)ccc3ccccc23)cc1. The van der Waals surface area contributed by atoms with Gasteiger partial charge in [0.2, 0.25) is 0 Å².